The smallest absolute Gasteiger partial charge is 0.294 e. The number of ether oxygens (including phenoxy) is 2. The summed E-state index contributed by atoms with van der Waals surface area (Å²) in [6.45, 7) is 2.02. The van der Waals surface area contributed by atoms with Crippen LogP contribution in [0.2, 0.25) is 5.02 Å². The van der Waals surface area contributed by atoms with E-state index in [1.165, 1.54) is 0 Å². The Hall–Kier alpha value is -2.08. The Morgan fingerprint density at radius 1 is 1.15 bits per heavy atom. The summed E-state index contributed by atoms with van der Waals surface area (Å²) in [6, 6.07) is 13.0. The van der Waals surface area contributed by atoms with Crippen molar-refractivity contribution in [2.45, 2.75) is 6.61 Å². The first kappa shape index (κ1) is 24.1. The SMILES string of the molecule is O=C(CN1C(=O)S/C(=C/c2ccc(OCc3ccc(Cl)cc3)c(I)c2)C1=O)N1CCOCC1. The van der Waals surface area contributed by atoms with Gasteiger partial charge in [-0.25, -0.2) is 0 Å². The summed E-state index contributed by atoms with van der Waals surface area (Å²) >= 11 is 8.92. The third-order valence-corrected chi connectivity index (χ3v) is 7.09. The zero-order valence-corrected chi connectivity index (χ0v) is 21.2. The lowest BCUT2D eigenvalue weighted by atomic mass is 10.2. The summed E-state index contributed by atoms with van der Waals surface area (Å²) < 4.78 is 12.0. The molecule has 2 aromatic carbocycles. The summed E-state index contributed by atoms with van der Waals surface area (Å²) in [6.07, 6.45) is 1.66. The highest BCUT2D eigenvalue weighted by Crippen LogP contribution is 2.33. The third kappa shape index (κ3) is 6.08. The molecule has 0 radical (unpaired) electrons. The summed E-state index contributed by atoms with van der Waals surface area (Å²) in [5.74, 6) is 0.00943. The van der Waals surface area contributed by atoms with Gasteiger partial charge in [0, 0.05) is 18.1 Å². The van der Waals surface area contributed by atoms with Crippen molar-refractivity contribution in [1.82, 2.24) is 9.80 Å². The predicted molar refractivity (Wildman–Crippen MR) is 135 cm³/mol. The van der Waals surface area contributed by atoms with Crippen LogP contribution in [0.1, 0.15) is 11.1 Å². The number of halogens is 2. The zero-order chi connectivity index (χ0) is 23.4. The Balaban J connectivity index is 1.40. The van der Waals surface area contributed by atoms with Gasteiger partial charge in [-0.05, 0) is 75.8 Å². The van der Waals surface area contributed by atoms with Crippen LogP contribution in [0.25, 0.3) is 6.08 Å². The van der Waals surface area contributed by atoms with E-state index in [1.807, 2.05) is 42.5 Å². The third-order valence-electron chi connectivity index (χ3n) is 5.09. The number of imide groups is 1. The van der Waals surface area contributed by atoms with Gasteiger partial charge in [0.2, 0.25) is 5.91 Å². The molecule has 0 saturated carbocycles. The maximum Gasteiger partial charge on any atom is 0.294 e. The topological polar surface area (TPSA) is 76.2 Å². The average molecular weight is 599 g/mol. The Morgan fingerprint density at radius 2 is 1.88 bits per heavy atom. The van der Waals surface area contributed by atoms with Crippen LogP contribution in [-0.4, -0.2) is 59.7 Å². The fourth-order valence-corrected chi connectivity index (χ4v) is 4.96. The van der Waals surface area contributed by atoms with Crippen LogP contribution < -0.4 is 4.74 Å². The van der Waals surface area contributed by atoms with Gasteiger partial charge in [0.25, 0.3) is 11.1 Å². The van der Waals surface area contributed by atoms with E-state index in [4.69, 9.17) is 21.1 Å². The van der Waals surface area contributed by atoms with Gasteiger partial charge >= 0.3 is 0 Å². The van der Waals surface area contributed by atoms with Crippen molar-refractivity contribution in [2.24, 2.45) is 0 Å². The second kappa shape index (κ2) is 10.9. The zero-order valence-electron chi connectivity index (χ0n) is 17.5. The van der Waals surface area contributed by atoms with E-state index in [2.05, 4.69) is 22.6 Å². The van der Waals surface area contributed by atoms with Crippen LogP contribution >= 0.6 is 46.0 Å². The number of hydrogen-bond donors (Lipinski definition) is 0. The fourth-order valence-electron chi connectivity index (χ4n) is 3.30. The molecule has 4 rings (SSSR count). The van der Waals surface area contributed by atoms with E-state index < -0.39 is 11.1 Å². The highest BCUT2D eigenvalue weighted by atomic mass is 127. The molecule has 3 amide bonds. The molecular formula is C23H20ClIN2O5S. The number of benzene rings is 2. The van der Waals surface area contributed by atoms with Crippen LogP contribution in [0.15, 0.2) is 47.4 Å². The van der Waals surface area contributed by atoms with Gasteiger partial charge in [-0.1, -0.05) is 29.8 Å². The van der Waals surface area contributed by atoms with Gasteiger partial charge < -0.3 is 14.4 Å². The first-order valence-corrected chi connectivity index (χ1v) is 12.5. The Bertz CT molecular complexity index is 1100. The van der Waals surface area contributed by atoms with Gasteiger partial charge in [-0.3, -0.25) is 19.3 Å². The molecule has 0 N–H and O–H groups in total. The molecule has 2 aliphatic heterocycles. The van der Waals surface area contributed by atoms with Gasteiger partial charge in [-0.15, -0.1) is 0 Å². The van der Waals surface area contributed by atoms with Gasteiger partial charge in [0.1, 0.15) is 18.9 Å². The van der Waals surface area contributed by atoms with Gasteiger partial charge in [0.15, 0.2) is 0 Å². The molecule has 0 unspecified atom stereocenters. The minimum Gasteiger partial charge on any atom is -0.488 e. The predicted octanol–water partition coefficient (Wildman–Crippen LogP) is 4.42. The van der Waals surface area contributed by atoms with Crippen molar-refractivity contribution in [2.75, 3.05) is 32.8 Å². The normalized spacial score (nSPS) is 17.7. The second-order valence-electron chi connectivity index (χ2n) is 7.37. The number of amides is 3. The first-order chi connectivity index (χ1) is 15.9. The van der Waals surface area contributed by atoms with E-state index in [-0.39, 0.29) is 12.5 Å². The quantitative estimate of drug-likeness (QED) is 0.362. The molecule has 2 saturated heterocycles. The Morgan fingerprint density at radius 3 is 2.58 bits per heavy atom. The average Bonchev–Trinajstić information content (AvgIpc) is 3.07. The van der Waals surface area contributed by atoms with E-state index in [9.17, 15) is 14.4 Å². The highest BCUT2D eigenvalue weighted by molar-refractivity contribution is 14.1. The minimum atomic E-state index is -0.454. The molecule has 7 nitrogen and oxygen atoms in total. The molecule has 33 heavy (non-hydrogen) atoms. The first-order valence-electron chi connectivity index (χ1n) is 10.2. The minimum absolute atomic E-state index is 0.251. The second-order valence-corrected chi connectivity index (χ2v) is 9.96. The molecule has 172 valence electrons. The highest BCUT2D eigenvalue weighted by Gasteiger charge is 2.37. The van der Waals surface area contributed by atoms with E-state index in [0.717, 1.165) is 31.4 Å². The standard InChI is InChI=1S/C23H20ClIN2O5S/c24-17-4-1-15(2-5-17)14-32-19-6-3-16(11-18(19)25)12-20-22(29)27(23(30)33-20)13-21(28)26-7-9-31-10-8-26/h1-6,11-12H,7-10,13-14H2/b20-12+. The molecule has 0 aliphatic carbocycles. The molecule has 0 bridgehead atoms. The monoisotopic (exact) mass is 598 g/mol. The van der Waals surface area contributed by atoms with Crippen molar-refractivity contribution in [3.63, 3.8) is 0 Å². The number of rotatable bonds is 6. The summed E-state index contributed by atoms with van der Waals surface area (Å²) in [7, 11) is 0. The maximum absolute atomic E-state index is 12.8. The van der Waals surface area contributed by atoms with Crippen LogP contribution in [-0.2, 0) is 20.9 Å². The summed E-state index contributed by atoms with van der Waals surface area (Å²) in [4.78, 5) is 40.5. The number of carbonyl (C=O) groups excluding carboxylic acids is 3. The lowest BCUT2D eigenvalue weighted by Crippen LogP contribution is -2.46. The van der Waals surface area contributed by atoms with E-state index in [1.54, 1.807) is 11.0 Å². The maximum atomic E-state index is 12.8. The van der Waals surface area contributed by atoms with Crippen molar-refractivity contribution >= 4 is 69.1 Å². The van der Waals surface area contributed by atoms with Crippen LogP contribution in [0.4, 0.5) is 4.79 Å². The molecule has 2 aromatic rings. The Labute approximate surface area is 214 Å². The van der Waals surface area contributed by atoms with Crippen molar-refractivity contribution in [3.05, 3.63) is 67.1 Å². The van der Waals surface area contributed by atoms with E-state index >= 15 is 0 Å². The molecule has 10 heteroatoms. The Kier molecular flexibility index (Phi) is 7.94. The van der Waals surface area contributed by atoms with Crippen molar-refractivity contribution in [1.29, 1.82) is 0 Å². The largest absolute Gasteiger partial charge is 0.488 e. The van der Waals surface area contributed by atoms with Crippen LogP contribution in [0.3, 0.4) is 0 Å². The van der Waals surface area contributed by atoms with Crippen molar-refractivity contribution < 1.29 is 23.9 Å². The lowest BCUT2D eigenvalue weighted by molar-refractivity contribution is -0.139. The number of hydrogen-bond acceptors (Lipinski definition) is 6. The van der Waals surface area contributed by atoms with Gasteiger partial charge in [-0.2, -0.15) is 0 Å². The molecule has 2 fully saturated rings. The molecule has 0 spiro atoms. The number of morpholine rings is 1. The summed E-state index contributed by atoms with van der Waals surface area (Å²) in [5.41, 5.74) is 1.77. The van der Waals surface area contributed by atoms with E-state index in [0.29, 0.717) is 48.6 Å². The summed E-state index contributed by atoms with van der Waals surface area (Å²) in [5, 5.41) is 0.234. The molecule has 0 aromatic heterocycles. The van der Waals surface area contributed by atoms with Crippen LogP contribution in [0.5, 0.6) is 5.75 Å². The molecule has 2 heterocycles. The fraction of sp³-hybridized carbons (Fsp3) is 0.261. The number of thioether (sulfide) groups is 1. The molecular weight excluding hydrogens is 579 g/mol. The number of nitrogens with zero attached hydrogens (tertiary/aromatic N) is 2. The lowest BCUT2D eigenvalue weighted by Gasteiger charge is -2.28. The molecule has 2 aliphatic rings. The number of carbonyl (C=O) groups is 3. The van der Waals surface area contributed by atoms with Crippen LogP contribution in [0, 0.1) is 3.57 Å². The van der Waals surface area contributed by atoms with Crippen molar-refractivity contribution in [3.8, 4) is 5.75 Å². The molecule has 0 atom stereocenters. The van der Waals surface area contributed by atoms with Gasteiger partial charge in [0.05, 0.1) is 21.7 Å².